The van der Waals surface area contributed by atoms with Gasteiger partial charge in [-0.3, -0.25) is 0 Å². The SMILES string of the molecule is Brc1ccccc1S/C=C/C(=N/c1ccccc1)Oc1ccccc1. The highest BCUT2D eigenvalue weighted by Crippen LogP contribution is 2.28. The predicted molar refractivity (Wildman–Crippen MR) is 110 cm³/mol. The zero-order chi connectivity index (χ0) is 17.3. The van der Waals surface area contributed by atoms with Gasteiger partial charge in [-0.05, 0) is 57.7 Å². The van der Waals surface area contributed by atoms with E-state index in [0.717, 1.165) is 20.8 Å². The van der Waals surface area contributed by atoms with E-state index >= 15 is 0 Å². The van der Waals surface area contributed by atoms with Crippen LogP contribution in [0.1, 0.15) is 0 Å². The highest BCUT2D eigenvalue weighted by atomic mass is 79.9. The molecule has 0 radical (unpaired) electrons. The van der Waals surface area contributed by atoms with Crippen LogP contribution in [0.15, 0.2) is 111 Å². The van der Waals surface area contributed by atoms with Gasteiger partial charge in [-0.25, -0.2) is 4.99 Å². The number of rotatable bonds is 5. The lowest BCUT2D eigenvalue weighted by Crippen LogP contribution is -2.04. The summed E-state index contributed by atoms with van der Waals surface area (Å²) in [7, 11) is 0. The fraction of sp³-hybridized carbons (Fsp3) is 0. The number of thioether (sulfide) groups is 1. The van der Waals surface area contributed by atoms with Gasteiger partial charge in [0.2, 0.25) is 5.90 Å². The summed E-state index contributed by atoms with van der Waals surface area (Å²) >= 11 is 5.16. The number of hydrogen-bond donors (Lipinski definition) is 0. The van der Waals surface area contributed by atoms with Crippen molar-refractivity contribution in [3.05, 3.63) is 101 Å². The van der Waals surface area contributed by atoms with Gasteiger partial charge in [0.05, 0.1) is 5.69 Å². The molecule has 25 heavy (non-hydrogen) atoms. The number of para-hydroxylation sites is 2. The molecule has 0 amide bonds. The van der Waals surface area contributed by atoms with E-state index in [9.17, 15) is 0 Å². The molecule has 3 aromatic carbocycles. The molecule has 2 nitrogen and oxygen atoms in total. The zero-order valence-corrected chi connectivity index (χ0v) is 15.8. The minimum atomic E-state index is 0.539. The monoisotopic (exact) mass is 409 g/mol. The third kappa shape index (κ3) is 5.62. The Morgan fingerprint density at radius 1 is 0.840 bits per heavy atom. The second-order valence-corrected chi connectivity index (χ2v) is 6.85. The molecule has 0 saturated carbocycles. The first kappa shape index (κ1) is 17.5. The molecule has 0 saturated heterocycles. The molecule has 0 aliphatic carbocycles. The van der Waals surface area contributed by atoms with E-state index in [0.29, 0.717) is 5.90 Å². The molecular formula is C21H16BrNOS. The van der Waals surface area contributed by atoms with Crippen LogP contribution in [0.5, 0.6) is 5.75 Å². The summed E-state index contributed by atoms with van der Waals surface area (Å²) in [4.78, 5) is 5.73. The Morgan fingerprint density at radius 3 is 2.20 bits per heavy atom. The number of aliphatic imine (C=N–C) groups is 1. The minimum absolute atomic E-state index is 0.539. The molecule has 0 aromatic heterocycles. The van der Waals surface area contributed by atoms with E-state index < -0.39 is 0 Å². The van der Waals surface area contributed by atoms with E-state index in [4.69, 9.17) is 4.74 Å². The lowest BCUT2D eigenvalue weighted by atomic mass is 10.3. The lowest BCUT2D eigenvalue weighted by molar-refractivity contribution is 0.556. The number of hydrogen-bond acceptors (Lipinski definition) is 3. The van der Waals surface area contributed by atoms with Gasteiger partial charge >= 0.3 is 0 Å². The van der Waals surface area contributed by atoms with E-state index in [1.807, 2.05) is 90.3 Å². The summed E-state index contributed by atoms with van der Waals surface area (Å²) in [6, 6.07) is 27.5. The fourth-order valence-electron chi connectivity index (χ4n) is 2.04. The van der Waals surface area contributed by atoms with Gasteiger partial charge < -0.3 is 4.74 Å². The summed E-state index contributed by atoms with van der Waals surface area (Å²) in [6.07, 6.45) is 1.88. The second-order valence-electron chi connectivity index (χ2n) is 5.05. The molecule has 0 aliphatic heterocycles. The molecule has 3 aromatic rings. The lowest BCUT2D eigenvalue weighted by Gasteiger charge is -2.06. The quantitative estimate of drug-likeness (QED) is 0.260. The number of halogens is 1. The number of benzene rings is 3. The van der Waals surface area contributed by atoms with Gasteiger partial charge in [-0.15, -0.1) is 0 Å². The summed E-state index contributed by atoms with van der Waals surface area (Å²) in [6.45, 7) is 0. The smallest absolute Gasteiger partial charge is 0.220 e. The molecule has 124 valence electrons. The van der Waals surface area contributed by atoms with E-state index in [-0.39, 0.29) is 0 Å². The fourth-order valence-corrected chi connectivity index (χ4v) is 3.27. The van der Waals surface area contributed by atoms with Crippen LogP contribution >= 0.6 is 27.7 Å². The van der Waals surface area contributed by atoms with Crippen molar-refractivity contribution in [3.63, 3.8) is 0 Å². The van der Waals surface area contributed by atoms with Crippen LogP contribution in [0.3, 0.4) is 0 Å². The van der Waals surface area contributed by atoms with Crippen LogP contribution in [0.4, 0.5) is 5.69 Å². The van der Waals surface area contributed by atoms with Gasteiger partial charge in [0.15, 0.2) is 0 Å². The van der Waals surface area contributed by atoms with Crippen molar-refractivity contribution >= 4 is 39.3 Å². The Balaban J connectivity index is 1.80. The van der Waals surface area contributed by atoms with Gasteiger partial charge in [0.1, 0.15) is 5.75 Å². The molecule has 0 bridgehead atoms. The topological polar surface area (TPSA) is 21.6 Å². The van der Waals surface area contributed by atoms with Crippen molar-refractivity contribution in [2.45, 2.75) is 4.90 Å². The Kier molecular flexibility index (Phi) is 6.48. The number of nitrogens with zero attached hydrogens (tertiary/aromatic N) is 1. The van der Waals surface area contributed by atoms with Crippen molar-refractivity contribution in [1.82, 2.24) is 0 Å². The predicted octanol–water partition coefficient (Wildman–Crippen LogP) is 6.86. The molecular weight excluding hydrogens is 394 g/mol. The van der Waals surface area contributed by atoms with Crippen LogP contribution in [0.2, 0.25) is 0 Å². The molecule has 0 aliphatic rings. The van der Waals surface area contributed by atoms with Gasteiger partial charge in [0.25, 0.3) is 0 Å². The standard InChI is InChI=1S/C21H16BrNOS/c22-19-13-7-8-14-20(19)25-16-15-21(23-17-9-3-1-4-10-17)24-18-11-5-2-6-12-18/h1-16H/b16-15+,23-21-. The molecule has 0 heterocycles. The average molecular weight is 410 g/mol. The van der Waals surface area contributed by atoms with Crippen molar-refractivity contribution < 1.29 is 4.74 Å². The van der Waals surface area contributed by atoms with Crippen molar-refractivity contribution in [2.75, 3.05) is 0 Å². The molecule has 0 fully saturated rings. The molecule has 3 rings (SSSR count). The normalized spacial score (nSPS) is 11.6. The largest absolute Gasteiger partial charge is 0.439 e. The van der Waals surface area contributed by atoms with E-state index in [2.05, 4.69) is 27.0 Å². The van der Waals surface area contributed by atoms with Crippen LogP contribution in [0, 0.1) is 0 Å². The van der Waals surface area contributed by atoms with Crippen LogP contribution in [0.25, 0.3) is 0 Å². The van der Waals surface area contributed by atoms with Crippen molar-refractivity contribution in [2.24, 2.45) is 4.99 Å². The Morgan fingerprint density at radius 2 is 1.48 bits per heavy atom. The first-order valence-corrected chi connectivity index (χ1v) is 9.43. The molecule has 0 spiro atoms. The maximum Gasteiger partial charge on any atom is 0.220 e. The summed E-state index contributed by atoms with van der Waals surface area (Å²) in [5.74, 6) is 1.30. The van der Waals surface area contributed by atoms with Crippen LogP contribution in [-0.2, 0) is 0 Å². The second kappa shape index (κ2) is 9.25. The average Bonchev–Trinajstić information content (AvgIpc) is 2.65. The van der Waals surface area contributed by atoms with E-state index in [1.54, 1.807) is 11.8 Å². The van der Waals surface area contributed by atoms with Crippen molar-refractivity contribution in [1.29, 1.82) is 0 Å². The van der Waals surface area contributed by atoms with Crippen LogP contribution < -0.4 is 4.74 Å². The first-order chi connectivity index (χ1) is 12.3. The Labute approximate surface area is 160 Å². The minimum Gasteiger partial charge on any atom is -0.439 e. The molecule has 0 N–H and O–H groups in total. The maximum atomic E-state index is 5.92. The summed E-state index contributed by atoms with van der Waals surface area (Å²) in [5, 5.41) is 1.98. The third-order valence-electron chi connectivity index (χ3n) is 3.20. The Hall–Kier alpha value is -2.30. The first-order valence-electron chi connectivity index (χ1n) is 7.75. The number of ether oxygens (including phenoxy) is 1. The van der Waals surface area contributed by atoms with E-state index in [1.165, 1.54) is 0 Å². The van der Waals surface area contributed by atoms with Gasteiger partial charge in [-0.1, -0.05) is 60.3 Å². The Bertz CT molecular complexity index is 863. The highest BCUT2D eigenvalue weighted by Gasteiger charge is 2.01. The zero-order valence-electron chi connectivity index (χ0n) is 13.4. The van der Waals surface area contributed by atoms with Crippen molar-refractivity contribution in [3.8, 4) is 5.75 Å². The van der Waals surface area contributed by atoms with Crippen LogP contribution in [-0.4, -0.2) is 5.90 Å². The van der Waals surface area contributed by atoms with Gasteiger partial charge in [0, 0.05) is 15.4 Å². The summed E-state index contributed by atoms with van der Waals surface area (Å²) in [5.41, 5.74) is 0.851. The van der Waals surface area contributed by atoms with Gasteiger partial charge in [-0.2, -0.15) is 0 Å². The molecule has 4 heteroatoms. The molecule has 0 unspecified atom stereocenters. The summed E-state index contributed by atoms with van der Waals surface area (Å²) < 4.78 is 6.99. The highest BCUT2D eigenvalue weighted by molar-refractivity contribution is 9.10. The maximum absolute atomic E-state index is 5.92. The third-order valence-corrected chi connectivity index (χ3v) is 5.04. The molecule has 0 atom stereocenters.